The lowest BCUT2D eigenvalue weighted by molar-refractivity contribution is 0.0996. The third-order valence-electron chi connectivity index (χ3n) is 2.53. The fraction of sp³-hybridized carbons (Fsp3) is 0.214. The fourth-order valence-electron chi connectivity index (χ4n) is 1.68. The van der Waals surface area contributed by atoms with Crippen LogP contribution in [0.5, 0.6) is 5.75 Å². The quantitative estimate of drug-likeness (QED) is 0.867. The molecule has 0 fully saturated rings. The van der Waals surface area contributed by atoms with E-state index in [-0.39, 0.29) is 18.3 Å². The average molecular weight is 261 g/mol. The van der Waals surface area contributed by atoms with E-state index in [0.717, 1.165) is 0 Å². The van der Waals surface area contributed by atoms with Crippen molar-refractivity contribution in [1.29, 1.82) is 0 Å². The molecule has 0 aliphatic heterocycles. The van der Waals surface area contributed by atoms with Crippen LogP contribution in [0.4, 0.5) is 5.69 Å². The summed E-state index contributed by atoms with van der Waals surface area (Å²) in [5.74, 6) is 0.512. The van der Waals surface area contributed by atoms with Crippen molar-refractivity contribution < 1.29 is 19.1 Å². The summed E-state index contributed by atoms with van der Waals surface area (Å²) in [6.45, 7) is 2.23. The van der Waals surface area contributed by atoms with Gasteiger partial charge in [0.05, 0.1) is 19.5 Å². The first-order chi connectivity index (χ1) is 9.24. The topological polar surface area (TPSA) is 71.7 Å². The van der Waals surface area contributed by atoms with Crippen molar-refractivity contribution >= 4 is 11.6 Å². The van der Waals surface area contributed by atoms with E-state index in [2.05, 4.69) is 5.32 Å². The van der Waals surface area contributed by atoms with Crippen molar-refractivity contribution in [3.63, 3.8) is 0 Å². The van der Waals surface area contributed by atoms with Gasteiger partial charge in [-0.15, -0.1) is 0 Å². The van der Waals surface area contributed by atoms with Crippen LogP contribution in [0.15, 0.2) is 41.0 Å². The average Bonchev–Trinajstić information content (AvgIpc) is 2.94. The van der Waals surface area contributed by atoms with Crippen LogP contribution in [0.2, 0.25) is 0 Å². The van der Waals surface area contributed by atoms with Gasteiger partial charge >= 0.3 is 0 Å². The standard InChI is InChI=1S/C14H15NO4/c1-2-18-12-6-5-11(8-10(12)9-16)15-14(17)13-4-3-7-19-13/h3-8,16H,2,9H2,1H3,(H,15,17). The van der Waals surface area contributed by atoms with Crippen molar-refractivity contribution in [1.82, 2.24) is 0 Å². The first kappa shape index (κ1) is 13.2. The molecule has 1 aromatic carbocycles. The number of nitrogens with one attached hydrogen (secondary N) is 1. The van der Waals surface area contributed by atoms with Crippen LogP contribution >= 0.6 is 0 Å². The molecule has 100 valence electrons. The first-order valence-corrected chi connectivity index (χ1v) is 5.96. The zero-order valence-electron chi connectivity index (χ0n) is 10.6. The lowest BCUT2D eigenvalue weighted by atomic mass is 10.2. The minimum absolute atomic E-state index is 0.153. The van der Waals surface area contributed by atoms with Gasteiger partial charge in [0.15, 0.2) is 5.76 Å². The molecule has 1 aromatic heterocycles. The summed E-state index contributed by atoms with van der Waals surface area (Å²) < 4.78 is 10.4. The van der Waals surface area contributed by atoms with E-state index in [1.54, 1.807) is 30.3 Å². The zero-order chi connectivity index (χ0) is 13.7. The minimum Gasteiger partial charge on any atom is -0.494 e. The number of ether oxygens (including phenoxy) is 1. The molecule has 2 N–H and O–H groups in total. The van der Waals surface area contributed by atoms with Crippen molar-refractivity contribution in [2.24, 2.45) is 0 Å². The van der Waals surface area contributed by atoms with Gasteiger partial charge in [-0.2, -0.15) is 0 Å². The Kier molecular flexibility index (Phi) is 4.20. The predicted molar refractivity (Wildman–Crippen MR) is 70.2 cm³/mol. The molecule has 1 amide bonds. The van der Waals surface area contributed by atoms with Gasteiger partial charge in [-0.3, -0.25) is 4.79 Å². The summed E-state index contributed by atoms with van der Waals surface area (Å²) in [7, 11) is 0. The summed E-state index contributed by atoms with van der Waals surface area (Å²) in [5.41, 5.74) is 1.20. The van der Waals surface area contributed by atoms with Gasteiger partial charge in [0.1, 0.15) is 5.75 Å². The van der Waals surface area contributed by atoms with Crippen molar-refractivity contribution in [3.05, 3.63) is 47.9 Å². The van der Waals surface area contributed by atoms with Crippen LogP contribution in [0.1, 0.15) is 23.0 Å². The number of amides is 1. The van der Waals surface area contributed by atoms with Gasteiger partial charge in [-0.1, -0.05) is 0 Å². The highest BCUT2D eigenvalue weighted by Gasteiger charge is 2.10. The van der Waals surface area contributed by atoms with Gasteiger partial charge in [-0.05, 0) is 37.3 Å². The molecule has 2 rings (SSSR count). The van der Waals surface area contributed by atoms with Crippen LogP contribution in [0, 0.1) is 0 Å². The maximum absolute atomic E-state index is 11.8. The summed E-state index contributed by atoms with van der Waals surface area (Å²) in [4.78, 5) is 11.8. The molecule has 0 bridgehead atoms. The van der Waals surface area contributed by atoms with Crippen LogP contribution in [0.25, 0.3) is 0 Å². The fourth-order valence-corrected chi connectivity index (χ4v) is 1.68. The van der Waals surface area contributed by atoms with Crippen LogP contribution in [0.3, 0.4) is 0 Å². The predicted octanol–water partition coefficient (Wildman–Crippen LogP) is 2.42. The lowest BCUT2D eigenvalue weighted by Gasteiger charge is -2.10. The first-order valence-electron chi connectivity index (χ1n) is 5.96. The van der Waals surface area contributed by atoms with E-state index in [1.165, 1.54) is 6.26 Å². The zero-order valence-corrected chi connectivity index (χ0v) is 10.6. The number of anilines is 1. The normalized spacial score (nSPS) is 10.2. The number of furan rings is 1. The van der Waals surface area contributed by atoms with E-state index in [9.17, 15) is 9.90 Å². The molecule has 0 saturated heterocycles. The van der Waals surface area contributed by atoms with Crippen LogP contribution < -0.4 is 10.1 Å². The molecule has 2 aromatic rings. The second-order valence-corrected chi connectivity index (χ2v) is 3.85. The van der Waals surface area contributed by atoms with Gasteiger partial charge < -0.3 is 19.6 Å². The maximum Gasteiger partial charge on any atom is 0.291 e. The Morgan fingerprint density at radius 3 is 2.89 bits per heavy atom. The Morgan fingerprint density at radius 1 is 1.42 bits per heavy atom. The lowest BCUT2D eigenvalue weighted by Crippen LogP contribution is -2.11. The van der Waals surface area contributed by atoms with Gasteiger partial charge in [-0.25, -0.2) is 0 Å². The number of aliphatic hydroxyl groups excluding tert-OH is 1. The van der Waals surface area contributed by atoms with E-state index in [4.69, 9.17) is 9.15 Å². The highest BCUT2D eigenvalue weighted by atomic mass is 16.5. The van der Waals surface area contributed by atoms with Gasteiger partial charge in [0.25, 0.3) is 5.91 Å². The smallest absolute Gasteiger partial charge is 0.291 e. The third kappa shape index (κ3) is 3.14. The highest BCUT2D eigenvalue weighted by molar-refractivity contribution is 6.02. The Labute approximate surface area is 110 Å². The second-order valence-electron chi connectivity index (χ2n) is 3.85. The molecular formula is C14H15NO4. The molecule has 1 heterocycles. The van der Waals surface area contributed by atoms with Crippen LogP contribution in [-0.4, -0.2) is 17.6 Å². The van der Waals surface area contributed by atoms with E-state index in [1.807, 2.05) is 6.92 Å². The highest BCUT2D eigenvalue weighted by Crippen LogP contribution is 2.23. The molecule has 0 aliphatic rings. The number of rotatable bonds is 5. The molecule has 0 aliphatic carbocycles. The number of aliphatic hydroxyl groups is 1. The summed E-state index contributed by atoms with van der Waals surface area (Å²) >= 11 is 0. The third-order valence-corrected chi connectivity index (χ3v) is 2.53. The summed E-state index contributed by atoms with van der Waals surface area (Å²) in [6.07, 6.45) is 1.44. The van der Waals surface area contributed by atoms with Crippen molar-refractivity contribution in [2.45, 2.75) is 13.5 Å². The Balaban J connectivity index is 2.15. The Bertz CT molecular complexity index is 549. The molecule has 19 heavy (non-hydrogen) atoms. The molecule has 5 nitrogen and oxygen atoms in total. The number of hydrogen-bond acceptors (Lipinski definition) is 4. The van der Waals surface area contributed by atoms with Crippen molar-refractivity contribution in [2.75, 3.05) is 11.9 Å². The summed E-state index contributed by atoms with van der Waals surface area (Å²) in [5, 5.41) is 12.0. The van der Waals surface area contributed by atoms with E-state index < -0.39 is 0 Å². The number of carbonyl (C=O) groups is 1. The molecule has 0 atom stereocenters. The van der Waals surface area contributed by atoms with E-state index in [0.29, 0.717) is 23.6 Å². The molecule has 0 unspecified atom stereocenters. The molecule has 0 saturated carbocycles. The Hall–Kier alpha value is -2.27. The maximum atomic E-state index is 11.8. The SMILES string of the molecule is CCOc1ccc(NC(=O)c2ccco2)cc1CO. The number of hydrogen-bond donors (Lipinski definition) is 2. The molecule has 0 spiro atoms. The second kappa shape index (κ2) is 6.06. The molecular weight excluding hydrogens is 246 g/mol. The van der Waals surface area contributed by atoms with Crippen molar-refractivity contribution in [3.8, 4) is 5.75 Å². The Morgan fingerprint density at radius 2 is 2.26 bits per heavy atom. The monoisotopic (exact) mass is 261 g/mol. The molecule has 0 radical (unpaired) electrons. The van der Waals surface area contributed by atoms with Gasteiger partial charge in [0, 0.05) is 11.3 Å². The largest absolute Gasteiger partial charge is 0.494 e. The summed E-state index contributed by atoms with van der Waals surface area (Å²) in [6, 6.07) is 8.33. The van der Waals surface area contributed by atoms with Gasteiger partial charge in [0.2, 0.25) is 0 Å². The molecule has 5 heteroatoms. The number of benzene rings is 1. The minimum atomic E-state index is -0.335. The van der Waals surface area contributed by atoms with Crippen LogP contribution in [-0.2, 0) is 6.61 Å². The van der Waals surface area contributed by atoms with E-state index >= 15 is 0 Å². The number of carbonyl (C=O) groups excluding carboxylic acids is 1.